The Bertz CT molecular complexity index is 431. The molecule has 0 nitrogen and oxygen atoms in total. The molecule has 0 unspecified atom stereocenters. The van der Waals surface area contributed by atoms with E-state index in [4.69, 9.17) is 0 Å². The molecule has 1 aromatic carbocycles. The van der Waals surface area contributed by atoms with E-state index in [9.17, 15) is 0 Å². The number of unbranched alkanes of at least 4 members (excludes halogenated alkanes) is 6. The van der Waals surface area contributed by atoms with Gasteiger partial charge in [-0.05, 0) is 48.1 Å². The molecule has 0 bridgehead atoms. The summed E-state index contributed by atoms with van der Waals surface area (Å²) in [6.45, 7) is 2.28. The Morgan fingerprint density at radius 3 is 2.53 bits per heavy atom. The fraction of sp³-hybridized carbons (Fsp3) is 0.556. The maximum atomic E-state index is 3.58. The van der Waals surface area contributed by atoms with Gasteiger partial charge in [0.2, 0.25) is 0 Å². The lowest BCUT2D eigenvalue weighted by Gasteiger charge is -2.07. The first-order chi connectivity index (χ1) is 9.31. The first-order valence-electron chi connectivity index (χ1n) is 7.79. The highest BCUT2D eigenvalue weighted by Crippen LogP contribution is 2.33. The van der Waals surface area contributed by atoms with Gasteiger partial charge in [-0.1, -0.05) is 73.5 Å². The molecule has 1 heteroatoms. The van der Waals surface area contributed by atoms with Gasteiger partial charge in [-0.3, -0.25) is 0 Å². The predicted molar refractivity (Wildman–Crippen MR) is 88.4 cm³/mol. The van der Waals surface area contributed by atoms with Crippen molar-refractivity contribution < 1.29 is 0 Å². The maximum Gasteiger partial charge on any atom is 0.0181 e. The van der Waals surface area contributed by atoms with Crippen LogP contribution in [0.4, 0.5) is 0 Å². The van der Waals surface area contributed by atoms with Gasteiger partial charge in [0, 0.05) is 4.47 Å². The highest BCUT2D eigenvalue weighted by atomic mass is 79.9. The lowest BCUT2D eigenvalue weighted by Crippen LogP contribution is -1.86. The third-order valence-electron chi connectivity index (χ3n) is 4.04. The Balaban J connectivity index is 1.70. The van der Waals surface area contributed by atoms with Crippen LogP contribution in [0.5, 0.6) is 0 Å². The van der Waals surface area contributed by atoms with E-state index in [2.05, 4.69) is 47.1 Å². The molecule has 0 saturated heterocycles. The Kier molecular flexibility index (Phi) is 6.16. The minimum absolute atomic E-state index is 1.13. The zero-order chi connectivity index (χ0) is 13.5. The largest absolute Gasteiger partial charge is 0.0763 e. The number of allylic oxidation sites excluding steroid dienone is 2. The van der Waals surface area contributed by atoms with Gasteiger partial charge < -0.3 is 0 Å². The van der Waals surface area contributed by atoms with Crippen molar-refractivity contribution in [2.24, 2.45) is 0 Å². The summed E-state index contributed by atoms with van der Waals surface area (Å²) in [6, 6.07) is 6.70. The normalized spacial score (nSPS) is 13.5. The number of hydrogen-bond acceptors (Lipinski definition) is 0. The van der Waals surface area contributed by atoms with Crippen LogP contribution in [0.3, 0.4) is 0 Å². The molecule has 0 fully saturated rings. The van der Waals surface area contributed by atoms with Crippen molar-refractivity contribution in [3.63, 3.8) is 0 Å². The summed E-state index contributed by atoms with van der Waals surface area (Å²) in [5.41, 5.74) is 4.56. The number of fused-ring (bicyclic) bond motifs is 1. The Morgan fingerprint density at radius 2 is 1.74 bits per heavy atom. The number of halogens is 1. The second-order valence-electron chi connectivity index (χ2n) is 5.61. The summed E-state index contributed by atoms with van der Waals surface area (Å²) in [5.74, 6) is 0. The second kappa shape index (κ2) is 7.89. The molecule has 0 atom stereocenters. The van der Waals surface area contributed by atoms with E-state index in [1.54, 1.807) is 5.57 Å². The van der Waals surface area contributed by atoms with E-state index >= 15 is 0 Å². The fourth-order valence-corrected chi connectivity index (χ4v) is 3.24. The molecule has 0 heterocycles. The lowest BCUT2D eigenvalue weighted by atomic mass is 10.00. The molecular weight excluding hydrogens is 296 g/mol. The number of benzene rings is 1. The van der Waals surface area contributed by atoms with Crippen LogP contribution in [-0.4, -0.2) is 0 Å². The zero-order valence-corrected chi connectivity index (χ0v) is 13.6. The van der Waals surface area contributed by atoms with Gasteiger partial charge in [-0.2, -0.15) is 0 Å². The van der Waals surface area contributed by atoms with Crippen molar-refractivity contribution in [1.82, 2.24) is 0 Å². The van der Waals surface area contributed by atoms with Crippen molar-refractivity contribution in [2.45, 2.75) is 64.7 Å². The molecule has 2 rings (SSSR count). The number of hydrogen-bond donors (Lipinski definition) is 0. The molecule has 0 aliphatic heterocycles. The third kappa shape index (κ3) is 4.49. The molecule has 0 saturated carbocycles. The average Bonchev–Trinajstić information content (AvgIpc) is 2.80. The van der Waals surface area contributed by atoms with Crippen molar-refractivity contribution in [3.05, 3.63) is 39.9 Å². The van der Waals surface area contributed by atoms with Crippen molar-refractivity contribution >= 4 is 21.5 Å². The van der Waals surface area contributed by atoms with Crippen LogP contribution in [0.2, 0.25) is 0 Å². The van der Waals surface area contributed by atoms with Crippen LogP contribution >= 0.6 is 15.9 Å². The van der Waals surface area contributed by atoms with E-state index in [1.165, 1.54) is 67.0 Å². The smallest absolute Gasteiger partial charge is 0.0181 e. The predicted octanol–water partition coefficient (Wildman–Crippen LogP) is 6.53. The monoisotopic (exact) mass is 320 g/mol. The molecule has 0 radical (unpaired) electrons. The summed E-state index contributed by atoms with van der Waals surface area (Å²) >= 11 is 3.58. The van der Waals surface area contributed by atoms with Crippen molar-refractivity contribution in [2.75, 3.05) is 0 Å². The molecule has 0 spiro atoms. The SMILES string of the molecule is CCCCCCCCCC1=CCc2ccc(Br)cc21. The summed E-state index contributed by atoms with van der Waals surface area (Å²) < 4.78 is 1.21. The average molecular weight is 321 g/mol. The highest BCUT2D eigenvalue weighted by molar-refractivity contribution is 9.10. The lowest BCUT2D eigenvalue weighted by molar-refractivity contribution is 0.594. The Hall–Kier alpha value is -0.560. The first-order valence-corrected chi connectivity index (χ1v) is 8.58. The van der Waals surface area contributed by atoms with Gasteiger partial charge in [0.25, 0.3) is 0 Å². The summed E-state index contributed by atoms with van der Waals surface area (Å²) in [7, 11) is 0. The van der Waals surface area contributed by atoms with Crippen LogP contribution in [-0.2, 0) is 6.42 Å². The van der Waals surface area contributed by atoms with E-state index in [0.29, 0.717) is 0 Å². The molecular formula is C18H25Br. The van der Waals surface area contributed by atoms with E-state index < -0.39 is 0 Å². The van der Waals surface area contributed by atoms with E-state index in [0.717, 1.165) is 6.42 Å². The Morgan fingerprint density at radius 1 is 1.00 bits per heavy atom. The maximum absolute atomic E-state index is 3.58. The zero-order valence-electron chi connectivity index (χ0n) is 12.1. The molecule has 0 aromatic heterocycles. The van der Waals surface area contributed by atoms with Crippen molar-refractivity contribution in [1.29, 1.82) is 0 Å². The van der Waals surface area contributed by atoms with Gasteiger partial charge in [0.15, 0.2) is 0 Å². The number of rotatable bonds is 8. The highest BCUT2D eigenvalue weighted by Gasteiger charge is 2.13. The topological polar surface area (TPSA) is 0 Å². The standard InChI is InChI=1S/C18H25Br/c1-2-3-4-5-6-7-8-9-15-10-11-16-12-13-17(19)14-18(15)16/h10,12-14H,2-9,11H2,1H3. The molecule has 19 heavy (non-hydrogen) atoms. The van der Waals surface area contributed by atoms with E-state index in [-0.39, 0.29) is 0 Å². The quantitative estimate of drug-likeness (QED) is 0.478. The van der Waals surface area contributed by atoms with Crippen LogP contribution in [0.15, 0.2) is 28.7 Å². The van der Waals surface area contributed by atoms with E-state index in [1.807, 2.05) is 0 Å². The Labute approximate surface area is 126 Å². The summed E-state index contributed by atoms with van der Waals surface area (Å²) in [5, 5.41) is 0. The first kappa shape index (κ1) is 14.8. The fourth-order valence-electron chi connectivity index (χ4n) is 2.88. The molecule has 104 valence electrons. The molecule has 0 N–H and O–H groups in total. The van der Waals surface area contributed by atoms with Gasteiger partial charge in [0.05, 0.1) is 0 Å². The minimum atomic E-state index is 1.13. The van der Waals surface area contributed by atoms with Gasteiger partial charge in [-0.15, -0.1) is 0 Å². The third-order valence-corrected chi connectivity index (χ3v) is 4.53. The van der Waals surface area contributed by atoms with Crippen LogP contribution < -0.4 is 0 Å². The van der Waals surface area contributed by atoms with Gasteiger partial charge in [0.1, 0.15) is 0 Å². The molecule has 0 amide bonds. The summed E-state index contributed by atoms with van der Waals surface area (Å²) in [6.07, 6.45) is 14.6. The van der Waals surface area contributed by atoms with Crippen LogP contribution in [0.25, 0.3) is 5.57 Å². The minimum Gasteiger partial charge on any atom is -0.0763 e. The molecule has 1 aliphatic rings. The summed E-state index contributed by atoms with van der Waals surface area (Å²) in [4.78, 5) is 0. The van der Waals surface area contributed by atoms with Crippen molar-refractivity contribution in [3.8, 4) is 0 Å². The van der Waals surface area contributed by atoms with Gasteiger partial charge in [-0.25, -0.2) is 0 Å². The molecule has 1 aromatic rings. The van der Waals surface area contributed by atoms with Crippen LogP contribution in [0, 0.1) is 0 Å². The van der Waals surface area contributed by atoms with Gasteiger partial charge >= 0.3 is 0 Å². The second-order valence-corrected chi connectivity index (χ2v) is 6.52. The molecule has 1 aliphatic carbocycles. The van der Waals surface area contributed by atoms with Crippen LogP contribution in [0.1, 0.15) is 69.4 Å².